The van der Waals surface area contributed by atoms with Gasteiger partial charge in [0.1, 0.15) is 18.0 Å². The minimum absolute atomic E-state index is 0.0258. The number of carbonyl (C=O) groups excluding carboxylic acids is 1. The SMILES string of the molecule is Cc1ccccc1OCC1(O)COCCN(C(=O)c2cnco2)C1. The average molecular weight is 332 g/mol. The second-order valence-corrected chi connectivity index (χ2v) is 5.92. The second-order valence-electron chi connectivity index (χ2n) is 5.92. The molecule has 24 heavy (non-hydrogen) atoms. The summed E-state index contributed by atoms with van der Waals surface area (Å²) in [6, 6.07) is 7.57. The number of rotatable bonds is 4. The molecule has 1 saturated heterocycles. The molecule has 1 N–H and O–H groups in total. The summed E-state index contributed by atoms with van der Waals surface area (Å²) in [5.74, 6) is 0.509. The third-order valence-corrected chi connectivity index (χ3v) is 3.88. The minimum atomic E-state index is -1.30. The first-order valence-electron chi connectivity index (χ1n) is 7.74. The molecule has 0 aliphatic carbocycles. The van der Waals surface area contributed by atoms with Crippen LogP contribution in [0.15, 0.2) is 41.3 Å². The average Bonchev–Trinajstić information content (AvgIpc) is 3.04. The van der Waals surface area contributed by atoms with E-state index >= 15 is 0 Å². The lowest BCUT2D eigenvalue weighted by atomic mass is 10.1. The molecule has 2 aromatic rings. The number of amides is 1. The monoisotopic (exact) mass is 332 g/mol. The van der Waals surface area contributed by atoms with Crippen LogP contribution in [0.3, 0.4) is 0 Å². The van der Waals surface area contributed by atoms with E-state index in [1.165, 1.54) is 17.5 Å². The molecule has 0 bridgehead atoms. The molecule has 2 heterocycles. The van der Waals surface area contributed by atoms with Crippen molar-refractivity contribution >= 4 is 5.91 Å². The maximum atomic E-state index is 12.4. The van der Waals surface area contributed by atoms with E-state index in [2.05, 4.69) is 4.98 Å². The quantitative estimate of drug-likeness (QED) is 0.907. The Balaban J connectivity index is 1.69. The highest BCUT2D eigenvalue weighted by atomic mass is 16.5. The van der Waals surface area contributed by atoms with Gasteiger partial charge in [0.25, 0.3) is 5.91 Å². The van der Waals surface area contributed by atoms with Gasteiger partial charge in [-0.1, -0.05) is 18.2 Å². The predicted molar refractivity (Wildman–Crippen MR) is 84.8 cm³/mol. The Morgan fingerprint density at radius 3 is 3.04 bits per heavy atom. The molecule has 128 valence electrons. The van der Waals surface area contributed by atoms with Crippen molar-refractivity contribution in [2.45, 2.75) is 12.5 Å². The maximum Gasteiger partial charge on any atom is 0.291 e. The molecule has 1 aliphatic heterocycles. The zero-order valence-electron chi connectivity index (χ0n) is 13.5. The van der Waals surface area contributed by atoms with Gasteiger partial charge in [-0.15, -0.1) is 0 Å². The molecule has 7 heteroatoms. The fourth-order valence-corrected chi connectivity index (χ4v) is 2.59. The summed E-state index contributed by atoms with van der Waals surface area (Å²) in [5.41, 5.74) is -0.320. The summed E-state index contributed by atoms with van der Waals surface area (Å²) in [6.45, 7) is 2.86. The highest BCUT2D eigenvalue weighted by Gasteiger charge is 2.36. The van der Waals surface area contributed by atoms with E-state index in [-0.39, 0.29) is 31.4 Å². The Morgan fingerprint density at radius 1 is 1.46 bits per heavy atom. The summed E-state index contributed by atoms with van der Waals surface area (Å²) >= 11 is 0. The molecule has 1 aliphatic rings. The van der Waals surface area contributed by atoms with Crippen LogP contribution in [-0.2, 0) is 4.74 Å². The van der Waals surface area contributed by atoms with Crippen molar-refractivity contribution in [3.8, 4) is 5.75 Å². The van der Waals surface area contributed by atoms with Gasteiger partial charge in [-0.3, -0.25) is 4.79 Å². The van der Waals surface area contributed by atoms with Crippen molar-refractivity contribution in [3.05, 3.63) is 48.2 Å². The van der Waals surface area contributed by atoms with Gasteiger partial charge in [0, 0.05) is 6.54 Å². The molecule has 0 saturated carbocycles. The van der Waals surface area contributed by atoms with E-state index in [0.717, 1.165) is 5.56 Å². The first kappa shape index (κ1) is 16.5. The van der Waals surface area contributed by atoms with Gasteiger partial charge in [0.15, 0.2) is 6.39 Å². The Kier molecular flexibility index (Phi) is 4.82. The number of hydrogen-bond donors (Lipinski definition) is 1. The summed E-state index contributed by atoms with van der Waals surface area (Å²) < 4.78 is 16.3. The Hall–Kier alpha value is -2.38. The van der Waals surface area contributed by atoms with Gasteiger partial charge in [-0.05, 0) is 18.6 Å². The molecule has 0 radical (unpaired) electrons. The van der Waals surface area contributed by atoms with Crippen LogP contribution in [0.25, 0.3) is 0 Å². The molecule has 1 aromatic carbocycles. The van der Waals surface area contributed by atoms with Crippen molar-refractivity contribution in [2.75, 3.05) is 32.9 Å². The number of carbonyl (C=O) groups is 1. The lowest BCUT2D eigenvalue weighted by molar-refractivity contribution is -0.0623. The number of hydrogen-bond acceptors (Lipinski definition) is 6. The predicted octanol–water partition coefficient (Wildman–Crippen LogP) is 1.27. The van der Waals surface area contributed by atoms with Crippen LogP contribution in [0.5, 0.6) is 5.75 Å². The van der Waals surface area contributed by atoms with E-state index < -0.39 is 5.60 Å². The van der Waals surface area contributed by atoms with Crippen molar-refractivity contribution in [3.63, 3.8) is 0 Å². The van der Waals surface area contributed by atoms with Crippen LogP contribution in [0, 0.1) is 6.92 Å². The number of aliphatic hydroxyl groups is 1. The third-order valence-electron chi connectivity index (χ3n) is 3.88. The van der Waals surface area contributed by atoms with Gasteiger partial charge in [0.05, 0.1) is 26.0 Å². The van der Waals surface area contributed by atoms with Gasteiger partial charge in [0.2, 0.25) is 5.76 Å². The largest absolute Gasteiger partial charge is 0.490 e. The van der Waals surface area contributed by atoms with Gasteiger partial charge in [-0.25, -0.2) is 4.98 Å². The van der Waals surface area contributed by atoms with Crippen LogP contribution in [0.4, 0.5) is 0 Å². The van der Waals surface area contributed by atoms with E-state index in [1.807, 2.05) is 31.2 Å². The van der Waals surface area contributed by atoms with Crippen LogP contribution in [0.2, 0.25) is 0 Å². The lowest BCUT2D eigenvalue weighted by Gasteiger charge is -2.30. The summed E-state index contributed by atoms with van der Waals surface area (Å²) in [4.78, 5) is 17.7. The normalized spacial score (nSPS) is 21.3. The lowest BCUT2D eigenvalue weighted by Crippen LogP contribution is -2.50. The number of benzene rings is 1. The fourth-order valence-electron chi connectivity index (χ4n) is 2.59. The van der Waals surface area contributed by atoms with Crippen LogP contribution in [0.1, 0.15) is 16.1 Å². The summed E-state index contributed by atoms with van der Waals surface area (Å²) in [6.07, 6.45) is 2.56. The second kappa shape index (κ2) is 7.02. The molecule has 1 atom stereocenters. The van der Waals surface area contributed by atoms with Crippen molar-refractivity contribution in [1.82, 2.24) is 9.88 Å². The molecular formula is C17H20N2O5. The molecule has 0 spiro atoms. The fraction of sp³-hybridized carbons (Fsp3) is 0.412. The molecule has 3 rings (SSSR count). The van der Waals surface area contributed by atoms with Gasteiger partial charge < -0.3 is 23.9 Å². The highest BCUT2D eigenvalue weighted by molar-refractivity contribution is 5.91. The number of ether oxygens (including phenoxy) is 2. The molecule has 1 unspecified atom stereocenters. The number of aromatic nitrogens is 1. The molecular weight excluding hydrogens is 312 g/mol. The molecule has 1 amide bonds. The number of oxazole rings is 1. The highest BCUT2D eigenvalue weighted by Crippen LogP contribution is 2.20. The van der Waals surface area contributed by atoms with Crippen LogP contribution < -0.4 is 4.74 Å². The minimum Gasteiger partial charge on any atom is -0.490 e. The molecule has 1 fully saturated rings. The van der Waals surface area contributed by atoms with Crippen molar-refractivity contribution in [1.29, 1.82) is 0 Å². The third kappa shape index (κ3) is 3.74. The number of β-amino-alcohol motifs (C(OH)–C–C–N with tert-alkyl or cyclic N) is 1. The smallest absolute Gasteiger partial charge is 0.291 e. The summed E-state index contributed by atoms with van der Waals surface area (Å²) in [5, 5.41) is 10.8. The van der Waals surface area contributed by atoms with Gasteiger partial charge >= 0.3 is 0 Å². The maximum absolute atomic E-state index is 12.4. The summed E-state index contributed by atoms with van der Waals surface area (Å²) in [7, 11) is 0. The Morgan fingerprint density at radius 2 is 2.29 bits per heavy atom. The Labute approximate surface area is 139 Å². The van der Waals surface area contributed by atoms with Crippen LogP contribution >= 0.6 is 0 Å². The standard InChI is InChI=1S/C17H20N2O5/c1-13-4-2-3-5-14(13)23-11-17(21)9-19(6-7-22-10-17)16(20)15-8-18-12-24-15/h2-5,8,12,21H,6-7,9-11H2,1H3. The zero-order valence-corrected chi connectivity index (χ0v) is 13.5. The first-order valence-corrected chi connectivity index (χ1v) is 7.74. The van der Waals surface area contributed by atoms with E-state index in [0.29, 0.717) is 18.9 Å². The van der Waals surface area contributed by atoms with Crippen molar-refractivity contribution in [2.24, 2.45) is 0 Å². The van der Waals surface area contributed by atoms with E-state index in [9.17, 15) is 9.90 Å². The molecule has 1 aromatic heterocycles. The van der Waals surface area contributed by atoms with E-state index in [1.54, 1.807) is 0 Å². The Bertz CT molecular complexity index is 688. The topological polar surface area (TPSA) is 85.0 Å². The van der Waals surface area contributed by atoms with Crippen LogP contribution in [-0.4, -0.2) is 59.4 Å². The number of para-hydroxylation sites is 1. The van der Waals surface area contributed by atoms with Gasteiger partial charge in [-0.2, -0.15) is 0 Å². The van der Waals surface area contributed by atoms with E-state index in [4.69, 9.17) is 13.9 Å². The number of aryl methyl sites for hydroxylation is 1. The number of nitrogens with zero attached hydrogens (tertiary/aromatic N) is 2. The van der Waals surface area contributed by atoms with Crippen molar-refractivity contribution < 1.29 is 23.8 Å². The first-order chi connectivity index (χ1) is 11.6. The zero-order chi connectivity index (χ0) is 17.0. The molecule has 7 nitrogen and oxygen atoms in total.